The molecular formula is C14H22N4O2. The lowest BCUT2D eigenvalue weighted by atomic mass is 10.3. The molecule has 110 valence electrons. The lowest BCUT2D eigenvalue weighted by Crippen LogP contribution is -2.24. The molecule has 1 aliphatic carbocycles. The molecule has 1 heterocycles. The maximum absolute atomic E-state index is 11.5. The van der Waals surface area contributed by atoms with Crippen LogP contribution in [0.25, 0.3) is 0 Å². The standard InChI is InChI=1S/C14H22N4O2/c1-18(2)13(19)7-8-16-12-6-5-11(15)14(17-12)20-9-10-3-4-10/h5-6,10H,3-4,7-9,15H2,1-2H3,(H,16,17). The molecule has 0 radical (unpaired) electrons. The van der Waals surface area contributed by atoms with E-state index in [0.29, 0.717) is 42.9 Å². The van der Waals surface area contributed by atoms with E-state index < -0.39 is 0 Å². The molecule has 1 fully saturated rings. The number of carbonyl (C=O) groups excluding carboxylic acids is 1. The predicted molar refractivity (Wildman–Crippen MR) is 78.7 cm³/mol. The quantitative estimate of drug-likeness (QED) is 0.786. The topological polar surface area (TPSA) is 80.5 Å². The number of anilines is 2. The summed E-state index contributed by atoms with van der Waals surface area (Å²) in [5.74, 6) is 1.89. The van der Waals surface area contributed by atoms with Gasteiger partial charge in [0.2, 0.25) is 11.8 Å². The minimum atomic E-state index is 0.0816. The second-order valence-electron chi connectivity index (χ2n) is 5.31. The molecule has 0 spiro atoms. The highest BCUT2D eigenvalue weighted by atomic mass is 16.5. The second-order valence-corrected chi connectivity index (χ2v) is 5.31. The Labute approximate surface area is 119 Å². The smallest absolute Gasteiger partial charge is 0.239 e. The van der Waals surface area contributed by atoms with Crippen molar-refractivity contribution in [2.75, 3.05) is 38.3 Å². The summed E-state index contributed by atoms with van der Waals surface area (Å²) in [7, 11) is 3.49. The molecule has 2 rings (SSSR count). The molecule has 6 heteroatoms. The van der Waals surface area contributed by atoms with Crippen molar-refractivity contribution >= 4 is 17.4 Å². The zero-order valence-corrected chi connectivity index (χ0v) is 12.1. The van der Waals surface area contributed by atoms with Gasteiger partial charge in [0, 0.05) is 27.1 Å². The summed E-state index contributed by atoms with van der Waals surface area (Å²) in [5, 5.41) is 3.11. The van der Waals surface area contributed by atoms with Crippen LogP contribution in [0.1, 0.15) is 19.3 Å². The maximum atomic E-state index is 11.5. The van der Waals surface area contributed by atoms with E-state index in [9.17, 15) is 4.79 Å². The summed E-state index contributed by atoms with van der Waals surface area (Å²) in [5.41, 5.74) is 6.38. The molecule has 1 aromatic rings. The molecule has 0 aliphatic heterocycles. The third-order valence-corrected chi connectivity index (χ3v) is 3.19. The fourth-order valence-corrected chi connectivity index (χ4v) is 1.67. The average Bonchev–Trinajstić information content (AvgIpc) is 3.23. The molecule has 0 bridgehead atoms. The summed E-state index contributed by atoms with van der Waals surface area (Å²) in [6.07, 6.45) is 2.88. The summed E-state index contributed by atoms with van der Waals surface area (Å²) in [6, 6.07) is 3.56. The molecule has 1 saturated carbocycles. The second kappa shape index (κ2) is 6.45. The van der Waals surface area contributed by atoms with Crippen molar-refractivity contribution in [1.82, 2.24) is 9.88 Å². The van der Waals surface area contributed by atoms with E-state index in [1.54, 1.807) is 31.1 Å². The Balaban J connectivity index is 1.84. The number of amides is 1. The Morgan fingerprint density at radius 1 is 1.50 bits per heavy atom. The predicted octanol–water partition coefficient (Wildman–Crippen LogP) is 1.34. The first-order valence-corrected chi connectivity index (χ1v) is 6.89. The van der Waals surface area contributed by atoms with Crippen LogP contribution >= 0.6 is 0 Å². The minimum Gasteiger partial charge on any atom is -0.476 e. The minimum absolute atomic E-state index is 0.0816. The number of ether oxygens (including phenoxy) is 1. The van der Waals surface area contributed by atoms with Crippen molar-refractivity contribution < 1.29 is 9.53 Å². The first-order chi connectivity index (χ1) is 9.56. The van der Waals surface area contributed by atoms with Crippen LogP contribution < -0.4 is 15.8 Å². The largest absolute Gasteiger partial charge is 0.476 e. The van der Waals surface area contributed by atoms with Crippen molar-refractivity contribution in [3.8, 4) is 5.88 Å². The number of hydrogen-bond donors (Lipinski definition) is 2. The van der Waals surface area contributed by atoms with Crippen molar-refractivity contribution in [3.05, 3.63) is 12.1 Å². The number of nitrogens with one attached hydrogen (secondary N) is 1. The number of hydrogen-bond acceptors (Lipinski definition) is 5. The third kappa shape index (κ3) is 4.29. The van der Waals surface area contributed by atoms with Gasteiger partial charge in [-0.1, -0.05) is 0 Å². The zero-order valence-electron chi connectivity index (χ0n) is 12.1. The number of pyridine rings is 1. The van der Waals surface area contributed by atoms with Crippen LogP contribution in [0.5, 0.6) is 5.88 Å². The van der Waals surface area contributed by atoms with E-state index in [1.807, 2.05) is 0 Å². The molecular weight excluding hydrogens is 256 g/mol. The van der Waals surface area contributed by atoms with Crippen LogP contribution in [-0.4, -0.2) is 43.0 Å². The van der Waals surface area contributed by atoms with E-state index in [0.717, 1.165) is 0 Å². The van der Waals surface area contributed by atoms with E-state index in [-0.39, 0.29) is 5.91 Å². The van der Waals surface area contributed by atoms with Crippen molar-refractivity contribution in [2.24, 2.45) is 5.92 Å². The summed E-state index contributed by atoms with van der Waals surface area (Å²) >= 11 is 0. The number of nitrogens with zero attached hydrogens (tertiary/aromatic N) is 2. The fourth-order valence-electron chi connectivity index (χ4n) is 1.67. The number of nitrogens with two attached hydrogens (primary N) is 1. The van der Waals surface area contributed by atoms with Crippen LogP contribution in [-0.2, 0) is 4.79 Å². The molecule has 0 atom stereocenters. The zero-order chi connectivity index (χ0) is 14.5. The van der Waals surface area contributed by atoms with Crippen LogP contribution in [0.4, 0.5) is 11.5 Å². The van der Waals surface area contributed by atoms with Gasteiger partial charge in [-0.25, -0.2) is 0 Å². The van der Waals surface area contributed by atoms with Gasteiger partial charge in [0.25, 0.3) is 0 Å². The van der Waals surface area contributed by atoms with Gasteiger partial charge >= 0.3 is 0 Å². The molecule has 6 nitrogen and oxygen atoms in total. The highest BCUT2D eigenvalue weighted by Gasteiger charge is 2.22. The number of rotatable bonds is 7. The van der Waals surface area contributed by atoms with E-state index in [4.69, 9.17) is 10.5 Å². The first-order valence-electron chi connectivity index (χ1n) is 6.89. The molecule has 1 amide bonds. The first kappa shape index (κ1) is 14.4. The Morgan fingerprint density at radius 2 is 2.25 bits per heavy atom. The van der Waals surface area contributed by atoms with Gasteiger partial charge < -0.3 is 20.7 Å². The van der Waals surface area contributed by atoms with Gasteiger partial charge in [-0.05, 0) is 30.9 Å². The lowest BCUT2D eigenvalue weighted by molar-refractivity contribution is -0.128. The Hall–Kier alpha value is -1.98. The van der Waals surface area contributed by atoms with Gasteiger partial charge in [0.05, 0.1) is 12.3 Å². The molecule has 0 aromatic carbocycles. The van der Waals surface area contributed by atoms with E-state index in [2.05, 4.69) is 10.3 Å². The number of carbonyl (C=O) groups is 1. The summed E-state index contributed by atoms with van der Waals surface area (Å²) in [4.78, 5) is 17.4. The van der Waals surface area contributed by atoms with Crippen LogP contribution in [0.2, 0.25) is 0 Å². The third-order valence-electron chi connectivity index (χ3n) is 3.19. The van der Waals surface area contributed by atoms with Gasteiger partial charge in [0.15, 0.2) is 0 Å². The Bertz CT molecular complexity index is 472. The van der Waals surface area contributed by atoms with Crippen molar-refractivity contribution in [2.45, 2.75) is 19.3 Å². The maximum Gasteiger partial charge on any atom is 0.239 e. The molecule has 0 saturated heterocycles. The molecule has 0 unspecified atom stereocenters. The lowest BCUT2D eigenvalue weighted by Gasteiger charge is -2.12. The normalized spacial score (nSPS) is 13.9. The molecule has 1 aromatic heterocycles. The van der Waals surface area contributed by atoms with Gasteiger partial charge in [-0.15, -0.1) is 0 Å². The summed E-state index contributed by atoms with van der Waals surface area (Å²) < 4.78 is 5.62. The van der Waals surface area contributed by atoms with Gasteiger partial charge in [-0.2, -0.15) is 4.98 Å². The van der Waals surface area contributed by atoms with Crippen LogP contribution in [0.15, 0.2) is 12.1 Å². The highest BCUT2D eigenvalue weighted by molar-refractivity contribution is 5.76. The van der Waals surface area contributed by atoms with Crippen LogP contribution in [0.3, 0.4) is 0 Å². The average molecular weight is 278 g/mol. The van der Waals surface area contributed by atoms with Crippen molar-refractivity contribution in [3.63, 3.8) is 0 Å². The Kier molecular flexibility index (Phi) is 4.65. The Morgan fingerprint density at radius 3 is 2.90 bits per heavy atom. The van der Waals surface area contributed by atoms with Crippen LogP contribution in [0, 0.1) is 5.92 Å². The molecule has 1 aliphatic rings. The molecule has 3 N–H and O–H groups in total. The van der Waals surface area contributed by atoms with Gasteiger partial charge in [0.1, 0.15) is 5.82 Å². The number of nitrogen functional groups attached to an aromatic ring is 1. The monoisotopic (exact) mass is 278 g/mol. The van der Waals surface area contributed by atoms with E-state index in [1.165, 1.54) is 12.8 Å². The van der Waals surface area contributed by atoms with Crippen molar-refractivity contribution in [1.29, 1.82) is 0 Å². The highest BCUT2D eigenvalue weighted by Crippen LogP contribution is 2.30. The van der Waals surface area contributed by atoms with E-state index >= 15 is 0 Å². The SMILES string of the molecule is CN(C)C(=O)CCNc1ccc(N)c(OCC2CC2)n1. The van der Waals surface area contributed by atoms with Gasteiger partial charge in [-0.3, -0.25) is 4.79 Å². The fraction of sp³-hybridized carbons (Fsp3) is 0.571. The summed E-state index contributed by atoms with van der Waals surface area (Å²) in [6.45, 7) is 1.22. The molecule has 20 heavy (non-hydrogen) atoms. The number of aromatic nitrogens is 1.